The Bertz CT molecular complexity index is 816. The van der Waals surface area contributed by atoms with Gasteiger partial charge < -0.3 is 15.0 Å². The molecule has 2 aromatic rings. The van der Waals surface area contributed by atoms with Crippen LogP contribution in [0.1, 0.15) is 24.2 Å². The van der Waals surface area contributed by atoms with Crippen molar-refractivity contribution in [2.75, 3.05) is 21.2 Å². The monoisotopic (exact) mass is 358 g/mol. The number of rotatable bonds is 5. The lowest BCUT2D eigenvalue weighted by molar-refractivity contribution is -0.129. The van der Waals surface area contributed by atoms with Crippen molar-refractivity contribution in [3.8, 4) is 16.9 Å². The third-order valence-corrected chi connectivity index (χ3v) is 4.55. The number of carbonyl (C=O) groups is 2. The summed E-state index contributed by atoms with van der Waals surface area (Å²) in [6, 6.07) is 11.2. The van der Waals surface area contributed by atoms with E-state index in [9.17, 15) is 14.0 Å². The van der Waals surface area contributed by atoms with Gasteiger partial charge in [-0.15, -0.1) is 0 Å². The summed E-state index contributed by atoms with van der Waals surface area (Å²) in [5.41, 5.74) is 0.493. The Hall–Kier alpha value is -2.89. The molecule has 0 saturated heterocycles. The highest BCUT2D eigenvalue weighted by Crippen LogP contribution is 2.27. The van der Waals surface area contributed by atoms with Crippen LogP contribution in [-0.4, -0.2) is 43.5 Å². The largest absolute Gasteiger partial charge is 0.497 e. The van der Waals surface area contributed by atoms with Crippen LogP contribution in [0.15, 0.2) is 42.5 Å². The molecule has 26 heavy (non-hydrogen) atoms. The highest BCUT2D eigenvalue weighted by Gasteiger charge is 2.34. The van der Waals surface area contributed by atoms with E-state index >= 15 is 0 Å². The molecule has 0 aliphatic carbocycles. The van der Waals surface area contributed by atoms with E-state index in [0.717, 1.165) is 0 Å². The number of carbonyl (C=O) groups excluding carboxylic acids is 2. The molecule has 0 fully saturated rings. The fourth-order valence-corrected chi connectivity index (χ4v) is 2.56. The van der Waals surface area contributed by atoms with Crippen molar-refractivity contribution in [2.45, 2.75) is 19.4 Å². The number of halogens is 1. The summed E-state index contributed by atoms with van der Waals surface area (Å²) >= 11 is 0. The maximum Gasteiger partial charge on any atom is 0.254 e. The third-order valence-electron chi connectivity index (χ3n) is 4.55. The molecule has 0 heterocycles. The van der Waals surface area contributed by atoms with Gasteiger partial charge in [0, 0.05) is 31.3 Å². The average molecular weight is 358 g/mol. The highest BCUT2D eigenvalue weighted by molar-refractivity contribution is 5.99. The number of methoxy groups -OCH3 is 1. The van der Waals surface area contributed by atoms with Gasteiger partial charge in [-0.2, -0.15) is 0 Å². The minimum Gasteiger partial charge on any atom is -0.497 e. The predicted octanol–water partition coefficient (Wildman–Crippen LogP) is 3.10. The first-order valence-corrected chi connectivity index (χ1v) is 8.16. The van der Waals surface area contributed by atoms with Crippen LogP contribution < -0.4 is 10.1 Å². The van der Waals surface area contributed by atoms with Crippen molar-refractivity contribution in [2.24, 2.45) is 0 Å². The number of nitrogens with zero attached hydrogens (tertiary/aromatic N) is 1. The van der Waals surface area contributed by atoms with Crippen molar-refractivity contribution in [3.63, 3.8) is 0 Å². The fourth-order valence-electron chi connectivity index (χ4n) is 2.56. The van der Waals surface area contributed by atoms with Crippen molar-refractivity contribution in [3.05, 3.63) is 53.8 Å². The lowest BCUT2D eigenvalue weighted by Crippen LogP contribution is -2.54. The highest BCUT2D eigenvalue weighted by atomic mass is 19.1. The zero-order chi connectivity index (χ0) is 19.5. The molecular formula is C20H23FN2O3. The fraction of sp³-hybridized carbons (Fsp3) is 0.300. The Morgan fingerprint density at radius 2 is 1.73 bits per heavy atom. The Balaban J connectivity index is 2.27. The molecule has 1 N–H and O–H groups in total. The maximum absolute atomic E-state index is 14.2. The van der Waals surface area contributed by atoms with Crippen LogP contribution in [0.25, 0.3) is 11.1 Å². The molecule has 2 amide bonds. The standard InChI is InChI=1S/C20H23FN2O3/c1-20(2,19(25)22-3)23(4)18(24)14-8-6-13(7-9-14)16-11-10-15(26-5)12-17(16)21/h6-12H,1-5H3,(H,22,25). The second-order valence-corrected chi connectivity index (χ2v) is 6.43. The van der Waals surface area contributed by atoms with E-state index in [0.29, 0.717) is 22.4 Å². The minimum atomic E-state index is -0.993. The zero-order valence-corrected chi connectivity index (χ0v) is 15.6. The topological polar surface area (TPSA) is 58.6 Å². The van der Waals surface area contributed by atoms with Crippen LogP contribution in [0, 0.1) is 5.82 Å². The van der Waals surface area contributed by atoms with Crippen LogP contribution in [0.4, 0.5) is 4.39 Å². The summed E-state index contributed by atoms with van der Waals surface area (Å²) in [7, 11) is 4.58. The molecule has 0 spiro atoms. The van der Waals surface area contributed by atoms with Gasteiger partial charge in [-0.25, -0.2) is 4.39 Å². The van der Waals surface area contributed by atoms with Gasteiger partial charge in [-0.3, -0.25) is 9.59 Å². The van der Waals surface area contributed by atoms with Gasteiger partial charge in [0.2, 0.25) is 5.91 Å². The van der Waals surface area contributed by atoms with Gasteiger partial charge in [0.25, 0.3) is 5.91 Å². The number of nitrogens with one attached hydrogen (secondary N) is 1. The molecule has 0 radical (unpaired) electrons. The van der Waals surface area contributed by atoms with Crippen LogP contribution >= 0.6 is 0 Å². The van der Waals surface area contributed by atoms with Crippen LogP contribution in [0.3, 0.4) is 0 Å². The Labute approximate surface area is 152 Å². The number of likely N-dealkylation sites (N-methyl/N-ethyl adjacent to an activating group) is 2. The zero-order valence-electron chi connectivity index (χ0n) is 15.6. The molecule has 0 bridgehead atoms. The van der Waals surface area contributed by atoms with Gasteiger partial charge in [-0.1, -0.05) is 12.1 Å². The van der Waals surface area contributed by atoms with E-state index in [1.807, 2.05) is 0 Å². The van der Waals surface area contributed by atoms with Gasteiger partial charge in [-0.05, 0) is 43.7 Å². The summed E-state index contributed by atoms with van der Waals surface area (Å²) in [5.74, 6) is -0.511. The van der Waals surface area contributed by atoms with Crippen molar-refractivity contribution in [1.82, 2.24) is 10.2 Å². The van der Waals surface area contributed by atoms with Gasteiger partial charge in [0.05, 0.1) is 7.11 Å². The van der Waals surface area contributed by atoms with Crippen molar-refractivity contribution >= 4 is 11.8 Å². The number of benzene rings is 2. The lowest BCUT2D eigenvalue weighted by atomic mass is 9.99. The summed E-state index contributed by atoms with van der Waals surface area (Å²) in [6.45, 7) is 3.34. The molecule has 138 valence electrons. The van der Waals surface area contributed by atoms with Crippen LogP contribution in [-0.2, 0) is 4.79 Å². The quantitative estimate of drug-likeness (QED) is 0.893. The molecule has 0 aliphatic rings. The van der Waals surface area contributed by atoms with E-state index in [2.05, 4.69) is 5.32 Å². The molecule has 6 heteroatoms. The molecule has 2 rings (SSSR count). The molecule has 0 saturated carbocycles. The number of hydrogen-bond donors (Lipinski definition) is 1. The number of hydrogen-bond acceptors (Lipinski definition) is 3. The SMILES string of the molecule is CNC(=O)C(C)(C)N(C)C(=O)c1ccc(-c2ccc(OC)cc2F)cc1. The Kier molecular flexibility index (Phi) is 5.65. The average Bonchev–Trinajstić information content (AvgIpc) is 2.66. The molecular weight excluding hydrogens is 335 g/mol. The van der Waals surface area contributed by atoms with E-state index in [1.54, 1.807) is 57.3 Å². The third kappa shape index (κ3) is 3.69. The van der Waals surface area contributed by atoms with E-state index in [4.69, 9.17) is 4.74 Å². The first-order valence-electron chi connectivity index (χ1n) is 8.16. The molecule has 0 aliphatic heterocycles. The molecule has 2 aromatic carbocycles. The number of amides is 2. The first-order chi connectivity index (χ1) is 12.2. The molecule has 0 unspecified atom stereocenters. The van der Waals surface area contributed by atoms with Crippen LogP contribution in [0.5, 0.6) is 5.75 Å². The summed E-state index contributed by atoms with van der Waals surface area (Å²) in [4.78, 5) is 26.0. The van der Waals surface area contributed by atoms with Gasteiger partial charge >= 0.3 is 0 Å². The van der Waals surface area contributed by atoms with E-state index in [1.165, 1.54) is 25.1 Å². The van der Waals surface area contributed by atoms with Gasteiger partial charge in [0.15, 0.2) is 0 Å². The molecule has 0 atom stereocenters. The summed E-state index contributed by atoms with van der Waals surface area (Å²) < 4.78 is 19.2. The normalized spacial score (nSPS) is 11.0. The van der Waals surface area contributed by atoms with E-state index < -0.39 is 11.4 Å². The van der Waals surface area contributed by atoms with E-state index in [-0.39, 0.29) is 11.8 Å². The van der Waals surface area contributed by atoms with Crippen molar-refractivity contribution < 1.29 is 18.7 Å². The minimum absolute atomic E-state index is 0.259. The Morgan fingerprint density at radius 1 is 1.12 bits per heavy atom. The molecule has 5 nitrogen and oxygen atoms in total. The summed E-state index contributed by atoms with van der Waals surface area (Å²) in [6.07, 6.45) is 0. The second-order valence-electron chi connectivity index (χ2n) is 6.43. The van der Waals surface area contributed by atoms with Gasteiger partial charge in [0.1, 0.15) is 17.1 Å². The molecule has 0 aromatic heterocycles. The lowest BCUT2D eigenvalue weighted by Gasteiger charge is -2.33. The maximum atomic E-state index is 14.2. The summed E-state index contributed by atoms with van der Waals surface area (Å²) in [5, 5.41) is 2.55. The van der Waals surface area contributed by atoms with Crippen molar-refractivity contribution in [1.29, 1.82) is 0 Å². The van der Waals surface area contributed by atoms with Crippen LogP contribution in [0.2, 0.25) is 0 Å². The Morgan fingerprint density at radius 3 is 2.23 bits per heavy atom. The smallest absolute Gasteiger partial charge is 0.254 e. The number of ether oxygens (including phenoxy) is 1. The first kappa shape index (κ1) is 19.4. The predicted molar refractivity (Wildman–Crippen MR) is 98.6 cm³/mol. The second kappa shape index (κ2) is 7.56.